The minimum Gasteiger partial charge on any atom is -0.399 e. The van der Waals surface area contributed by atoms with Crippen molar-refractivity contribution in [1.29, 1.82) is 0 Å². The topological polar surface area (TPSA) is 72.2 Å². The Labute approximate surface area is 120 Å². The second kappa shape index (κ2) is 5.22. The minimum atomic E-state index is -3.63. The third kappa shape index (κ3) is 3.27. The Morgan fingerprint density at radius 3 is 2.58 bits per heavy atom. The highest BCUT2D eigenvalue weighted by molar-refractivity contribution is 9.10. The SMILES string of the molecule is Cc1ccc(Br)cc1NS(=O)(=O)c1cccc(N)c1. The van der Waals surface area contributed by atoms with Crippen LogP contribution in [0.1, 0.15) is 5.56 Å². The van der Waals surface area contributed by atoms with E-state index in [1.807, 2.05) is 19.1 Å². The predicted octanol–water partition coefficient (Wildman–Crippen LogP) is 3.14. The van der Waals surface area contributed by atoms with E-state index in [1.54, 1.807) is 18.2 Å². The van der Waals surface area contributed by atoms with Gasteiger partial charge < -0.3 is 5.73 Å². The number of sulfonamides is 1. The van der Waals surface area contributed by atoms with Gasteiger partial charge in [0, 0.05) is 10.2 Å². The van der Waals surface area contributed by atoms with Gasteiger partial charge in [0.1, 0.15) is 0 Å². The number of nitrogen functional groups attached to an aromatic ring is 1. The van der Waals surface area contributed by atoms with Crippen LogP contribution in [-0.2, 0) is 10.0 Å². The van der Waals surface area contributed by atoms with E-state index in [0.717, 1.165) is 10.0 Å². The van der Waals surface area contributed by atoms with E-state index in [4.69, 9.17) is 5.73 Å². The lowest BCUT2D eigenvalue weighted by Gasteiger charge is -2.11. The zero-order chi connectivity index (χ0) is 14.0. The van der Waals surface area contributed by atoms with Crippen LogP contribution in [0.2, 0.25) is 0 Å². The molecule has 2 aromatic carbocycles. The molecular formula is C13H13BrN2O2S. The Kier molecular flexibility index (Phi) is 3.82. The lowest BCUT2D eigenvalue weighted by atomic mass is 10.2. The van der Waals surface area contributed by atoms with Gasteiger partial charge in [-0.15, -0.1) is 0 Å². The molecule has 0 bridgehead atoms. The van der Waals surface area contributed by atoms with Crippen LogP contribution >= 0.6 is 15.9 Å². The first kappa shape index (κ1) is 13.9. The highest BCUT2D eigenvalue weighted by Gasteiger charge is 2.15. The van der Waals surface area contributed by atoms with E-state index >= 15 is 0 Å². The Bertz CT molecular complexity index is 714. The van der Waals surface area contributed by atoms with E-state index in [1.165, 1.54) is 12.1 Å². The van der Waals surface area contributed by atoms with Gasteiger partial charge in [-0.1, -0.05) is 28.1 Å². The zero-order valence-corrected chi connectivity index (χ0v) is 12.6. The summed E-state index contributed by atoms with van der Waals surface area (Å²) in [5, 5.41) is 0. The van der Waals surface area contributed by atoms with Gasteiger partial charge in [0.05, 0.1) is 10.6 Å². The van der Waals surface area contributed by atoms with Crippen LogP contribution in [0, 0.1) is 6.92 Å². The molecule has 0 aromatic heterocycles. The first-order valence-corrected chi connectivity index (χ1v) is 7.80. The van der Waals surface area contributed by atoms with Crippen LogP contribution in [0.15, 0.2) is 51.8 Å². The molecule has 0 unspecified atom stereocenters. The molecule has 0 fully saturated rings. The summed E-state index contributed by atoms with van der Waals surface area (Å²) in [5.74, 6) is 0. The number of rotatable bonds is 3. The number of nitrogens with one attached hydrogen (secondary N) is 1. The first-order chi connectivity index (χ1) is 8.88. The third-order valence-electron chi connectivity index (χ3n) is 2.61. The van der Waals surface area contributed by atoms with E-state index in [2.05, 4.69) is 20.7 Å². The van der Waals surface area contributed by atoms with E-state index in [0.29, 0.717) is 11.4 Å². The van der Waals surface area contributed by atoms with E-state index in [-0.39, 0.29) is 4.90 Å². The number of hydrogen-bond acceptors (Lipinski definition) is 3. The summed E-state index contributed by atoms with van der Waals surface area (Å²) in [4.78, 5) is 0.145. The van der Waals surface area contributed by atoms with Crippen molar-refractivity contribution in [2.45, 2.75) is 11.8 Å². The van der Waals surface area contributed by atoms with Gasteiger partial charge in [0.2, 0.25) is 0 Å². The standard InChI is InChI=1S/C13H13BrN2O2S/c1-9-5-6-10(14)7-13(9)16-19(17,18)12-4-2-3-11(15)8-12/h2-8,16H,15H2,1H3. The Morgan fingerprint density at radius 1 is 1.16 bits per heavy atom. The third-order valence-corrected chi connectivity index (χ3v) is 4.47. The van der Waals surface area contributed by atoms with Crippen molar-refractivity contribution in [2.24, 2.45) is 0 Å². The number of nitrogens with two attached hydrogens (primary N) is 1. The van der Waals surface area contributed by atoms with Crippen LogP contribution in [0.4, 0.5) is 11.4 Å². The van der Waals surface area contributed by atoms with Gasteiger partial charge >= 0.3 is 0 Å². The molecule has 19 heavy (non-hydrogen) atoms. The van der Waals surface area contributed by atoms with Gasteiger partial charge in [0.25, 0.3) is 10.0 Å². The molecule has 0 radical (unpaired) electrons. The molecule has 2 aromatic rings. The Balaban J connectivity index is 2.39. The van der Waals surface area contributed by atoms with Crippen molar-refractivity contribution in [2.75, 3.05) is 10.5 Å². The van der Waals surface area contributed by atoms with Crippen molar-refractivity contribution in [3.63, 3.8) is 0 Å². The Hall–Kier alpha value is -1.53. The molecule has 0 atom stereocenters. The maximum atomic E-state index is 12.2. The van der Waals surface area contributed by atoms with Crippen molar-refractivity contribution >= 4 is 37.3 Å². The fourth-order valence-corrected chi connectivity index (χ4v) is 3.13. The van der Waals surface area contributed by atoms with Crippen molar-refractivity contribution in [1.82, 2.24) is 0 Å². The lowest BCUT2D eigenvalue weighted by Crippen LogP contribution is -2.14. The highest BCUT2D eigenvalue weighted by Crippen LogP contribution is 2.24. The molecule has 2 rings (SSSR count). The smallest absolute Gasteiger partial charge is 0.261 e. The maximum Gasteiger partial charge on any atom is 0.261 e. The predicted molar refractivity (Wildman–Crippen MR) is 80.5 cm³/mol. The summed E-state index contributed by atoms with van der Waals surface area (Å²) < 4.78 is 27.8. The second-order valence-electron chi connectivity index (χ2n) is 4.14. The van der Waals surface area contributed by atoms with Crippen LogP contribution in [0.25, 0.3) is 0 Å². The average Bonchev–Trinajstić information content (AvgIpc) is 2.33. The largest absolute Gasteiger partial charge is 0.399 e. The second-order valence-corrected chi connectivity index (χ2v) is 6.74. The number of halogens is 1. The summed E-state index contributed by atoms with van der Waals surface area (Å²) >= 11 is 3.32. The quantitative estimate of drug-likeness (QED) is 0.843. The fourth-order valence-electron chi connectivity index (χ4n) is 1.59. The summed E-state index contributed by atoms with van der Waals surface area (Å²) in [5.41, 5.74) is 7.40. The molecule has 0 spiro atoms. The van der Waals surface area contributed by atoms with Crippen molar-refractivity contribution < 1.29 is 8.42 Å². The fraction of sp³-hybridized carbons (Fsp3) is 0.0769. The molecule has 0 saturated heterocycles. The van der Waals surface area contributed by atoms with Crippen molar-refractivity contribution in [3.05, 3.63) is 52.5 Å². The van der Waals surface area contributed by atoms with Crippen LogP contribution in [0.5, 0.6) is 0 Å². The maximum absolute atomic E-state index is 12.2. The molecular weight excluding hydrogens is 328 g/mol. The van der Waals surface area contributed by atoms with Gasteiger partial charge in [-0.2, -0.15) is 0 Å². The van der Waals surface area contributed by atoms with Crippen LogP contribution < -0.4 is 10.5 Å². The number of aryl methyl sites for hydroxylation is 1. The lowest BCUT2D eigenvalue weighted by molar-refractivity contribution is 0.601. The molecule has 3 N–H and O–H groups in total. The summed E-state index contributed by atoms with van der Waals surface area (Å²) in [6.07, 6.45) is 0. The monoisotopic (exact) mass is 340 g/mol. The number of anilines is 2. The summed E-state index contributed by atoms with van der Waals surface area (Å²) in [6.45, 7) is 1.84. The van der Waals surface area contributed by atoms with E-state index in [9.17, 15) is 8.42 Å². The molecule has 0 aliphatic carbocycles. The van der Waals surface area contributed by atoms with Gasteiger partial charge in [-0.05, 0) is 42.8 Å². The molecule has 100 valence electrons. The van der Waals surface area contributed by atoms with Crippen LogP contribution in [-0.4, -0.2) is 8.42 Å². The van der Waals surface area contributed by atoms with Crippen LogP contribution in [0.3, 0.4) is 0 Å². The molecule has 0 amide bonds. The summed E-state index contributed by atoms with van der Waals surface area (Å²) in [6, 6.07) is 11.6. The molecule has 0 saturated carbocycles. The van der Waals surface area contributed by atoms with Crippen molar-refractivity contribution in [3.8, 4) is 0 Å². The molecule has 6 heteroatoms. The number of hydrogen-bond donors (Lipinski definition) is 2. The first-order valence-electron chi connectivity index (χ1n) is 5.53. The van der Waals surface area contributed by atoms with Gasteiger partial charge in [0.15, 0.2) is 0 Å². The molecule has 0 aliphatic heterocycles. The molecule has 0 heterocycles. The molecule has 4 nitrogen and oxygen atoms in total. The van der Waals surface area contributed by atoms with Gasteiger partial charge in [-0.3, -0.25) is 4.72 Å². The highest BCUT2D eigenvalue weighted by atomic mass is 79.9. The molecule has 0 aliphatic rings. The normalized spacial score (nSPS) is 11.3. The van der Waals surface area contributed by atoms with Gasteiger partial charge in [-0.25, -0.2) is 8.42 Å². The minimum absolute atomic E-state index is 0.145. The Morgan fingerprint density at radius 2 is 1.89 bits per heavy atom. The summed E-state index contributed by atoms with van der Waals surface area (Å²) in [7, 11) is -3.63. The van der Waals surface area contributed by atoms with E-state index < -0.39 is 10.0 Å². The zero-order valence-electron chi connectivity index (χ0n) is 10.2. The average molecular weight is 341 g/mol. The number of benzene rings is 2.